The van der Waals surface area contributed by atoms with E-state index in [0.717, 1.165) is 24.7 Å². The maximum Gasteiger partial charge on any atom is 0.242 e. The molecule has 1 atom stereocenters. The largest absolute Gasteiger partial charge is 0.486 e. The molecule has 0 aromatic heterocycles. The molecule has 208 valence electrons. The van der Waals surface area contributed by atoms with E-state index in [2.05, 4.69) is 12.2 Å². The number of ether oxygens (including phenoxy) is 2. The predicted molar refractivity (Wildman–Crippen MR) is 148 cm³/mol. The van der Waals surface area contributed by atoms with Gasteiger partial charge in [-0.1, -0.05) is 50.6 Å². The van der Waals surface area contributed by atoms with E-state index in [-0.39, 0.29) is 24.8 Å². The molecule has 0 aliphatic carbocycles. The summed E-state index contributed by atoms with van der Waals surface area (Å²) in [6.07, 6.45) is 3.84. The van der Waals surface area contributed by atoms with Gasteiger partial charge in [-0.05, 0) is 37.0 Å². The molecular formula is C28H39N3O6S. The number of unbranched alkanes of at least 4 members (excludes halogenated alkanes) is 1. The average molecular weight is 546 g/mol. The van der Waals surface area contributed by atoms with Gasteiger partial charge in [0.1, 0.15) is 19.3 Å². The summed E-state index contributed by atoms with van der Waals surface area (Å²) < 4.78 is 37.7. The van der Waals surface area contributed by atoms with Crippen molar-refractivity contribution in [3.63, 3.8) is 0 Å². The molecule has 0 bridgehead atoms. The van der Waals surface area contributed by atoms with E-state index in [0.29, 0.717) is 56.3 Å². The Hall–Kier alpha value is -3.27. The van der Waals surface area contributed by atoms with Gasteiger partial charge in [-0.25, -0.2) is 8.42 Å². The summed E-state index contributed by atoms with van der Waals surface area (Å²) in [4.78, 5) is 28.1. The van der Waals surface area contributed by atoms with Crippen LogP contribution in [-0.2, 0) is 26.2 Å². The molecule has 10 heteroatoms. The molecule has 1 heterocycles. The van der Waals surface area contributed by atoms with Crippen molar-refractivity contribution in [3.05, 3.63) is 54.1 Å². The smallest absolute Gasteiger partial charge is 0.242 e. The van der Waals surface area contributed by atoms with Crippen molar-refractivity contribution in [3.8, 4) is 11.5 Å². The van der Waals surface area contributed by atoms with Gasteiger partial charge in [-0.3, -0.25) is 13.9 Å². The van der Waals surface area contributed by atoms with Gasteiger partial charge in [0.15, 0.2) is 11.5 Å². The standard InChI is InChI=1S/C28H39N3O6S/c1-4-6-16-29-28(33)24(5-2)30(21-22-11-8-7-9-12-22)27(32)13-10-17-31(38(3,34)35)23-14-15-25-26(20-23)37-19-18-36-25/h7-9,11-12,14-15,20,24H,4-6,10,13,16-19,21H2,1-3H3,(H,29,33). The Balaban J connectivity index is 1.73. The van der Waals surface area contributed by atoms with Gasteiger partial charge in [0, 0.05) is 32.1 Å². The normalized spacial score (nSPS) is 13.4. The van der Waals surface area contributed by atoms with E-state index in [4.69, 9.17) is 9.47 Å². The molecule has 2 aromatic carbocycles. The highest BCUT2D eigenvalue weighted by atomic mass is 32.2. The maximum absolute atomic E-state index is 13.5. The zero-order valence-electron chi connectivity index (χ0n) is 22.5. The number of amides is 2. The number of nitrogens with zero attached hydrogens (tertiary/aromatic N) is 2. The van der Waals surface area contributed by atoms with Crippen LogP contribution in [0.1, 0.15) is 51.5 Å². The summed E-state index contributed by atoms with van der Waals surface area (Å²) in [5.41, 5.74) is 1.38. The topological polar surface area (TPSA) is 105 Å². The summed E-state index contributed by atoms with van der Waals surface area (Å²) in [5, 5.41) is 2.95. The number of sulfonamides is 1. The van der Waals surface area contributed by atoms with Gasteiger partial charge in [0.2, 0.25) is 21.8 Å². The zero-order valence-corrected chi connectivity index (χ0v) is 23.3. The fourth-order valence-corrected chi connectivity index (χ4v) is 5.35. The molecule has 0 fully saturated rings. The zero-order chi connectivity index (χ0) is 27.5. The van der Waals surface area contributed by atoms with E-state index >= 15 is 0 Å². The molecule has 2 aromatic rings. The minimum atomic E-state index is -3.61. The summed E-state index contributed by atoms with van der Waals surface area (Å²) in [6, 6.07) is 14.0. The van der Waals surface area contributed by atoms with Crippen molar-refractivity contribution >= 4 is 27.5 Å². The van der Waals surface area contributed by atoms with Crippen molar-refractivity contribution in [2.45, 2.75) is 58.5 Å². The van der Waals surface area contributed by atoms with Crippen LogP contribution in [-0.4, -0.2) is 63.7 Å². The molecule has 0 saturated heterocycles. The van der Waals surface area contributed by atoms with Gasteiger partial charge in [0.25, 0.3) is 0 Å². The predicted octanol–water partition coefficient (Wildman–Crippen LogP) is 3.73. The van der Waals surface area contributed by atoms with Crippen LogP contribution in [0.3, 0.4) is 0 Å². The Morgan fingerprint density at radius 2 is 1.71 bits per heavy atom. The lowest BCUT2D eigenvalue weighted by atomic mass is 10.1. The van der Waals surface area contributed by atoms with Crippen LogP contribution in [0.4, 0.5) is 5.69 Å². The molecule has 9 nitrogen and oxygen atoms in total. The number of carbonyl (C=O) groups is 2. The first-order chi connectivity index (χ1) is 18.2. The molecule has 0 radical (unpaired) electrons. The summed E-state index contributed by atoms with van der Waals surface area (Å²) in [6.45, 7) is 5.77. The molecular weight excluding hydrogens is 506 g/mol. The number of carbonyl (C=O) groups excluding carboxylic acids is 2. The molecule has 0 spiro atoms. The second kappa shape index (κ2) is 14.0. The van der Waals surface area contributed by atoms with Crippen molar-refractivity contribution in [2.24, 2.45) is 0 Å². The van der Waals surface area contributed by atoms with Crippen LogP contribution in [0.2, 0.25) is 0 Å². The second-order valence-electron chi connectivity index (χ2n) is 9.34. The highest BCUT2D eigenvalue weighted by Gasteiger charge is 2.29. The van der Waals surface area contributed by atoms with Gasteiger partial charge in [-0.15, -0.1) is 0 Å². The molecule has 1 unspecified atom stereocenters. The molecule has 1 N–H and O–H groups in total. The minimum Gasteiger partial charge on any atom is -0.486 e. The first-order valence-electron chi connectivity index (χ1n) is 13.2. The van der Waals surface area contributed by atoms with Crippen molar-refractivity contribution < 1.29 is 27.5 Å². The second-order valence-corrected chi connectivity index (χ2v) is 11.2. The number of hydrogen-bond acceptors (Lipinski definition) is 6. The molecule has 1 aliphatic heterocycles. The van der Waals surface area contributed by atoms with Crippen LogP contribution in [0.15, 0.2) is 48.5 Å². The fourth-order valence-electron chi connectivity index (χ4n) is 4.40. The third-order valence-corrected chi connectivity index (χ3v) is 7.57. The Bertz CT molecular complexity index is 1170. The lowest BCUT2D eigenvalue weighted by Gasteiger charge is -2.31. The van der Waals surface area contributed by atoms with Crippen LogP contribution in [0, 0.1) is 0 Å². The average Bonchev–Trinajstić information content (AvgIpc) is 2.90. The van der Waals surface area contributed by atoms with Crippen LogP contribution < -0.4 is 19.1 Å². The van der Waals surface area contributed by atoms with E-state index in [1.165, 1.54) is 4.31 Å². The third kappa shape index (κ3) is 8.11. The number of nitrogens with one attached hydrogen (secondary N) is 1. The maximum atomic E-state index is 13.5. The number of benzene rings is 2. The Morgan fingerprint density at radius 3 is 2.37 bits per heavy atom. The Labute approximate surface area is 226 Å². The number of rotatable bonds is 14. The number of fused-ring (bicyclic) bond motifs is 1. The first-order valence-corrected chi connectivity index (χ1v) is 15.1. The number of hydrogen-bond donors (Lipinski definition) is 1. The van der Waals surface area contributed by atoms with Crippen molar-refractivity contribution in [1.29, 1.82) is 0 Å². The molecule has 38 heavy (non-hydrogen) atoms. The van der Waals surface area contributed by atoms with E-state index in [9.17, 15) is 18.0 Å². The first kappa shape index (κ1) is 29.3. The highest BCUT2D eigenvalue weighted by Crippen LogP contribution is 2.34. The summed E-state index contributed by atoms with van der Waals surface area (Å²) in [7, 11) is -3.61. The molecule has 2 amide bonds. The molecule has 0 saturated carbocycles. The summed E-state index contributed by atoms with van der Waals surface area (Å²) in [5.74, 6) is 0.705. The third-order valence-electron chi connectivity index (χ3n) is 6.38. The van der Waals surface area contributed by atoms with E-state index in [1.54, 1.807) is 23.1 Å². The number of anilines is 1. The van der Waals surface area contributed by atoms with Gasteiger partial charge < -0.3 is 19.7 Å². The van der Waals surface area contributed by atoms with E-state index < -0.39 is 16.1 Å². The van der Waals surface area contributed by atoms with Gasteiger partial charge >= 0.3 is 0 Å². The minimum absolute atomic E-state index is 0.0994. The van der Waals surface area contributed by atoms with Crippen LogP contribution in [0.25, 0.3) is 0 Å². The quantitative estimate of drug-likeness (QED) is 0.363. The van der Waals surface area contributed by atoms with Crippen LogP contribution >= 0.6 is 0 Å². The van der Waals surface area contributed by atoms with Crippen LogP contribution in [0.5, 0.6) is 11.5 Å². The lowest BCUT2D eigenvalue weighted by Crippen LogP contribution is -2.49. The van der Waals surface area contributed by atoms with Gasteiger partial charge in [-0.2, -0.15) is 0 Å². The summed E-state index contributed by atoms with van der Waals surface area (Å²) >= 11 is 0. The van der Waals surface area contributed by atoms with Gasteiger partial charge in [0.05, 0.1) is 11.9 Å². The van der Waals surface area contributed by atoms with Crippen molar-refractivity contribution in [1.82, 2.24) is 10.2 Å². The fraction of sp³-hybridized carbons (Fsp3) is 0.500. The van der Waals surface area contributed by atoms with E-state index in [1.807, 2.05) is 37.3 Å². The molecule has 3 rings (SSSR count). The lowest BCUT2D eigenvalue weighted by molar-refractivity contribution is -0.141. The SMILES string of the molecule is CCCCNC(=O)C(CC)N(Cc1ccccc1)C(=O)CCCN(c1ccc2c(c1)OCCO2)S(C)(=O)=O. The van der Waals surface area contributed by atoms with Crippen molar-refractivity contribution in [2.75, 3.05) is 36.9 Å². The monoisotopic (exact) mass is 545 g/mol. The highest BCUT2D eigenvalue weighted by molar-refractivity contribution is 7.92. The molecule has 1 aliphatic rings. The Morgan fingerprint density at radius 1 is 1.00 bits per heavy atom. The Kier molecular flexibility index (Phi) is 10.8.